The number of carbonyl (C=O) groups is 1. The van der Waals surface area contributed by atoms with Crippen LogP contribution in [-0.2, 0) is 14.3 Å². The van der Waals surface area contributed by atoms with Crippen molar-refractivity contribution in [3.8, 4) is 0 Å². The zero-order valence-electron chi connectivity index (χ0n) is 11.0. The molecule has 0 aliphatic carbocycles. The van der Waals surface area contributed by atoms with Gasteiger partial charge in [-0.1, -0.05) is 0 Å². The molecule has 2 aromatic heterocycles. The first-order valence-corrected chi connectivity index (χ1v) is 6.60. The highest BCUT2D eigenvalue weighted by molar-refractivity contribution is 5.91. The third kappa shape index (κ3) is 3.12. The molecule has 7 nitrogen and oxygen atoms in total. The van der Waals surface area contributed by atoms with Gasteiger partial charge < -0.3 is 14.8 Å². The first kappa shape index (κ1) is 13.0. The van der Waals surface area contributed by atoms with Crippen LogP contribution in [0.25, 0.3) is 5.65 Å². The summed E-state index contributed by atoms with van der Waals surface area (Å²) in [5.74, 6) is -0.212. The summed E-state index contributed by atoms with van der Waals surface area (Å²) in [7, 11) is 0. The van der Waals surface area contributed by atoms with Gasteiger partial charge in [-0.2, -0.15) is 5.10 Å². The molecule has 0 spiro atoms. The third-order valence-corrected chi connectivity index (χ3v) is 3.09. The lowest BCUT2D eigenvalue weighted by Gasteiger charge is -2.10. The molecule has 0 radical (unpaired) electrons. The number of aromatic nitrogens is 3. The van der Waals surface area contributed by atoms with Gasteiger partial charge in [0.25, 0.3) is 0 Å². The Hall–Kier alpha value is -1.99. The molecule has 0 bridgehead atoms. The summed E-state index contributed by atoms with van der Waals surface area (Å²) in [6.07, 6.45) is 7.15. The molecule has 7 heteroatoms. The topological polar surface area (TPSA) is 77.8 Å². The molecule has 1 saturated heterocycles. The maximum absolute atomic E-state index is 11.7. The molecule has 0 aromatic carbocycles. The van der Waals surface area contributed by atoms with E-state index in [2.05, 4.69) is 15.4 Å². The van der Waals surface area contributed by atoms with Gasteiger partial charge in [-0.25, -0.2) is 9.50 Å². The maximum Gasteiger partial charge on any atom is 0.250 e. The van der Waals surface area contributed by atoms with Crippen LogP contribution in [0.15, 0.2) is 24.7 Å². The molecule has 1 amide bonds. The van der Waals surface area contributed by atoms with Gasteiger partial charge in [-0.15, -0.1) is 0 Å². The molecule has 1 atom stereocenters. The second kappa shape index (κ2) is 5.98. The number of nitrogens with zero attached hydrogens (tertiary/aromatic N) is 3. The highest BCUT2D eigenvalue weighted by Gasteiger charge is 2.16. The predicted molar refractivity (Wildman–Crippen MR) is 71.4 cm³/mol. The Morgan fingerprint density at radius 2 is 2.55 bits per heavy atom. The molecular formula is C13H16N4O3. The van der Waals surface area contributed by atoms with Crippen molar-refractivity contribution >= 4 is 17.2 Å². The van der Waals surface area contributed by atoms with Crippen LogP contribution >= 0.6 is 0 Å². The Morgan fingerprint density at radius 1 is 1.60 bits per heavy atom. The number of rotatable bonds is 5. The van der Waals surface area contributed by atoms with E-state index in [-0.39, 0.29) is 18.6 Å². The molecule has 1 N–H and O–H groups in total. The van der Waals surface area contributed by atoms with Crippen LogP contribution in [0.2, 0.25) is 0 Å². The number of ether oxygens (including phenoxy) is 2. The van der Waals surface area contributed by atoms with Crippen molar-refractivity contribution in [1.82, 2.24) is 14.6 Å². The van der Waals surface area contributed by atoms with Crippen molar-refractivity contribution in [2.75, 3.05) is 25.1 Å². The fourth-order valence-corrected chi connectivity index (χ4v) is 2.13. The van der Waals surface area contributed by atoms with Gasteiger partial charge in [0.1, 0.15) is 6.61 Å². The minimum atomic E-state index is -0.212. The van der Waals surface area contributed by atoms with E-state index in [1.54, 1.807) is 29.2 Å². The largest absolute Gasteiger partial charge is 0.376 e. The van der Waals surface area contributed by atoms with Crippen LogP contribution in [0.3, 0.4) is 0 Å². The Labute approximate surface area is 115 Å². The zero-order chi connectivity index (χ0) is 13.8. The van der Waals surface area contributed by atoms with Crippen molar-refractivity contribution in [1.29, 1.82) is 0 Å². The minimum Gasteiger partial charge on any atom is -0.376 e. The third-order valence-electron chi connectivity index (χ3n) is 3.09. The molecular weight excluding hydrogens is 260 g/mol. The van der Waals surface area contributed by atoms with E-state index >= 15 is 0 Å². The molecule has 1 aliphatic rings. The number of fused-ring (bicyclic) bond motifs is 1. The highest BCUT2D eigenvalue weighted by Crippen LogP contribution is 2.12. The van der Waals surface area contributed by atoms with Crippen LogP contribution in [-0.4, -0.2) is 46.4 Å². The molecule has 1 unspecified atom stereocenters. The Balaban J connectivity index is 1.47. The quantitative estimate of drug-likeness (QED) is 0.876. The Kier molecular flexibility index (Phi) is 3.89. The van der Waals surface area contributed by atoms with Gasteiger partial charge in [-0.3, -0.25) is 4.79 Å². The lowest BCUT2D eigenvalue weighted by molar-refractivity contribution is -0.121. The smallest absolute Gasteiger partial charge is 0.250 e. The molecule has 1 fully saturated rings. The first-order chi connectivity index (χ1) is 9.81. The summed E-state index contributed by atoms with van der Waals surface area (Å²) in [5, 5.41) is 6.78. The van der Waals surface area contributed by atoms with Crippen molar-refractivity contribution in [3.63, 3.8) is 0 Å². The summed E-state index contributed by atoms with van der Waals surface area (Å²) < 4.78 is 12.4. The molecule has 3 rings (SSSR count). The van der Waals surface area contributed by atoms with Crippen LogP contribution < -0.4 is 5.32 Å². The lowest BCUT2D eigenvalue weighted by Crippen LogP contribution is -2.22. The lowest BCUT2D eigenvalue weighted by atomic mass is 10.2. The van der Waals surface area contributed by atoms with Gasteiger partial charge in [-0.05, 0) is 12.8 Å². The van der Waals surface area contributed by atoms with E-state index in [0.717, 1.165) is 25.1 Å². The Morgan fingerprint density at radius 3 is 3.40 bits per heavy atom. The number of nitrogens with one attached hydrogen (secondary N) is 1. The molecule has 0 saturated carbocycles. The summed E-state index contributed by atoms with van der Waals surface area (Å²) >= 11 is 0. The minimum absolute atomic E-state index is 0.0109. The van der Waals surface area contributed by atoms with Crippen molar-refractivity contribution in [2.24, 2.45) is 0 Å². The molecule has 106 valence electrons. The van der Waals surface area contributed by atoms with Crippen LogP contribution in [0.5, 0.6) is 0 Å². The zero-order valence-corrected chi connectivity index (χ0v) is 11.0. The number of amides is 1. The molecule has 1 aliphatic heterocycles. The van der Waals surface area contributed by atoms with Gasteiger partial charge in [0.15, 0.2) is 5.65 Å². The maximum atomic E-state index is 11.7. The molecule has 3 heterocycles. The van der Waals surface area contributed by atoms with E-state index in [1.807, 2.05) is 0 Å². The fraction of sp³-hybridized carbons (Fsp3) is 0.462. The van der Waals surface area contributed by atoms with Crippen molar-refractivity contribution in [2.45, 2.75) is 18.9 Å². The highest BCUT2D eigenvalue weighted by atomic mass is 16.5. The summed E-state index contributed by atoms with van der Waals surface area (Å²) in [5.41, 5.74) is 1.32. The Bertz CT molecular complexity index is 592. The van der Waals surface area contributed by atoms with Gasteiger partial charge in [0.05, 0.1) is 37.0 Å². The van der Waals surface area contributed by atoms with E-state index in [0.29, 0.717) is 12.3 Å². The summed E-state index contributed by atoms with van der Waals surface area (Å²) in [6, 6.07) is 1.79. The average Bonchev–Trinajstić information content (AvgIpc) is 3.08. The second-order valence-electron chi connectivity index (χ2n) is 4.67. The predicted octanol–water partition coefficient (Wildman–Crippen LogP) is 0.863. The standard InChI is InChI=1S/C13H16N4O3/c18-13(9-19-8-11-2-1-5-20-11)16-10-6-14-12-3-4-15-17(12)7-10/h3-4,6-7,11H,1-2,5,8-9H2,(H,16,18). The van der Waals surface area contributed by atoms with Gasteiger partial charge in [0.2, 0.25) is 5.91 Å². The fourth-order valence-electron chi connectivity index (χ4n) is 2.13. The average molecular weight is 276 g/mol. The summed E-state index contributed by atoms with van der Waals surface area (Å²) in [4.78, 5) is 15.9. The summed E-state index contributed by atoms with van der Waals surface area (Å²) in [6.45, 7) is 1.26. The number of hydrogen-bond acceptors (Lipinski definition) is 5. The number of carbonyl (C=O) groups excluding carboxylic acids is 1. The van der Waals surface area contributed by atoms with E-state index in [9.17, 15) is 4.79 Å². The van der Waals surface area contributed by atoms with Gasteiger partial charge >= 0.3 is 0 Å². The number of hydrogen-bond donors (Lipinski definition) is 1. The van der Waals surface area contributed by atoms with Crippen LogP contribution in [0, 0.1) is 0 Å². The van der Waals surface area contributed by atoms with E-state index in [1.165, 1.54) is 0 Å². The van der Waals surface area contributed by atoms with Crippen LogP contribution in [0.1, 0.15) is 12.8 Å². The number of anilines is 1. The molecule has 2 aromatic rings. The molecule has 20 heavy (non-hydrogen) atoms. The normalized spacial score (nSPS) is 18.5. The van der Waals surface area contributed by atoms with Crippen molar-refractivity contribution in [3.05, 3.63) is 24.7 Å². The van der Waals surface area contributed by atoms with E-state index in [4.69, 9.17) is 9.47 Å². The monoisotopic (exact) mass is 276 g/mol. The SMILES string of the molecule is O=C(COCC1CCCO1)Nc1cnc2ccnn2c1. The van der Waals surface area contributed by atoms with Crippen molar-refractivity contribution < 1.29 is 14.3 Å². The van der Waals surface area contributed by atoms with Crippen LogP contribution in [0.4, 0.5) is 5.69 Å². The van der Waals surface area contributed by atoms with Gasteiger partial charge in [0, 0.05) is 12.7 Å². The van der Waals surface area contributed by atoms with E-state index < -0.39 is 0 Å². The first-order valence-electron chi connectivity index (χ1n) is 6.60. The second-order valence-corrected chi connectivity index (χ2v) is 4.67.